The maximum Gasteiger partial charge on any atom is 0.335 e. The molecule has 0 spiro atoms. The highest BCUT2D eigenvalue weighted by Crippen LogP contribution is 2.26. The van der Waals surface area contributed by atoms with Gasteiger partial charge < -0.3 is 5.11 Å². The molecular formula is C9H6ClN3O2S2. The summed E-state index contributed by atoms with van der Waals surface area (Å²) in [5.41, 5.74) is 0.897. The Morgan fingerprint density at radius 1 is 1.59 bits per heavy atom. The van der Waals surface area contributed by atoms with E-state index in [9.17, 15) is 4.79 Å². The number of nitrogens with zero attached hydrogens (tertiary/aromatic N) is 3. The van der Waals surface area contributed by atoms with Gasteiger partial charge in [0.1, 0.15) is 10.0 Å². The second-order valence-corrected chi connectivity index (χ2v) is 5.32. The zero-order chi connectivity index (χ0) is 12.3. The van der Waals surface area contributed by atoms with Gasteiger partial charge in [0, 0.05) is 23.5 Å². The first kappa shape index (κ1) is 12.3. The lowest BCUT2D eigenvalue weighted by atomic mass is 10.3. The Bertz CT molecular complexity index is 547. The SMILES string of the molecule is O=C(O)c1ccnc(SCc2nnsc2Cl)c1. The molecule has 2 aromatic heterocycles. The summed E-state index contributed by atoms with van der Waals surface area (Å²) in [7, 11) is 0. The van der Waals surface area contributed by atoms with Crippen LogP contribution in [0.3, 0.4) is 0 Å². The van der Waals surface area contributed by atoms with E-state index in [1.165, 1.54) is 30.1 Å². The molecule has 0 unspecified atom stereocenters. The Hall–Kier alpha value is -1.18. The lowest BCUT2D eigenvalue weighted by Crippen LogP contribution is -1.96. The van der Waals surface area contributed by atoms with Crippen LogP contribution in [-0.4, -0.2) is 25.6 Å². The van der Waals surface area contributed by atoms with Gasteiger partial charge in [-0.1, -0.05) is 27.9 Å². The number of hydrogen-bond acceptors (Lipinski definition) is 6. The Morgan fingerprint density at radius 3 is 3.06 bits per heavy atom. The summed E-state index contributed by atoms with van der Waals surface area (Å²) in [6.45, 7) is 0. The van der Waals surface area contributed by atoms with E-state index in [2.05, 4.69) is 14.6 Å². The minimum Gasteiger partial charge on any atom is -0.478 e. The van der Waals surface area contributed by atoms with E-state index < -0.39 is 5.97 Å². The van der Waals surface area contributed by atoms with Gasteiger partial charge in [-0.15, -0.1) is 5.10 Å². The number of pyridine rings is 1. The highest BCUT2D eigenvalue weighted by molar-refractivity contribution is 7.98. The standard InChI is InChI=1S/C9H6ClN3O2S2/c10-8-6(12-13-17-8)4-16-7-3-5(9(14)15)1-2-11-7/h1-3H,4H2,(H,14,15). The lowest BCUT2D eigenvalue weighted by molar-refractivity contribution is 0.0696. The molecule has 0 atom stereocenters. The van der Waals surface area contributed by atoms with Crippen LogP contribution in [0.4, 0.5) is 0 Å². The fraction of sp³-hybridized carbons (Fsp3) is 0.111. The van der Waals surface area contributed by atoms with Crippen molar-refractivity contribution in [2.45, 2.75) is 10.8 Å². The Kier molecular flexibility index (Phi) is 3.93. The largest absolute Gasteiger partial charge is 0.478 e. The van der Waals surface area contributed by atoms with Crippen molar-refractivity contribution in [1.29, 1.82) is 0 Å². The number of hydrogen-bond donors (Lipinski definition) is 1. The van der Waals surface area contributed by atoms with Crippen LogP contribution in [0.2, 0.25) is 4.34 Å². The van der Waals surface area contributed by atoms with Crippen LogP contribution in [0.5, 0.6) is 0 Å². The van der Waals surface area contributed by atoms with Crippen LogP contribution in [0.15, 0.2) is 23.4 Å². The van der Waals surface area contributed by atoms with Crippen LogP contribution in [0, 0.1) is 0 Å². The van der Waals surface area contributed by atoms with Crippen LogP contribution in [0.25, 0.3) is 0 Å². The molecule has 1 N–H and O–H groups in total. The third kappa shape index (κ3) is 3.15. The maximum atomic E-state index is 10.8. The molecule has 0 saturated heterocycles. The molecule has 88 valence electrons. The molecule has 0 amide bonds. The molecule has 0 aliphatic rings. The zero-order valence-corrected chi connectivity index (χ0v) is 10.7. The molecule has 8 heteroatoms. The van der Waals surface area contributed by atoms with E-state index >= 15 is 0 Å². The van der Waals surface area contributed by atoms with E-state index in [1.54, 1.807) is 0 Å². The van der Waals surface area contributed by atoms with Crippen LogP contribution >= 0.6 is 34.9 Å². The number of carbonyl (C=O) groups is 1. The summed E-state index contributed by atoms with van der Waals surface area (Å²) >= 11 is 8.35. The second-order valence-electron chi connectivity index (χ2n) is 2.97. The molecule has 0 aliphatic carbocycles. The topological polar surface area (TPSA) is 76.0 Å². The molecular weight excluding hydrogens is 282 g/mol. The van der Waals surface area contributed by atoms with Crippen molar-refractivity contribution in [3.63, 3.8) is 0 Å². The lowest BCUT2D eigenvalue weighted by Gasteiger charge is -2.00. The minimum absolute atomic E-state index is 0.213. The van der Waals surface area contributed by atoms with Crippen molar-refractivity contribution in [1.82, 2.24) is 14.6 Å². The van der Waals surface area contributed by atoms with Gasteiger partial charge in [0.2, 0.25) is 0 Å². The highest BCUT2D eigenvalue weighted by atomic mass is 35.5. The smallest absolute Gasteiger partial charge is 0.335 e. The molecule has 0 aliphatic heterocycles. The van der Waals surface area contributed by atoms with Crippen molar-refractivity contribution in [3.05, 3.63) is 33.9 Å². The first-order valence-electron chi connectivity index (χ1n) is 4.45. The molecule has 0 bridgehead atoms. The predicted octanol–water partition coefficient (Wildman–Crippen LogP) is 2.58. The Morgan fingerprint density at radius 2 is 2.41 bits per heavy atom. The molecule has 2 rings (SSSR count). The summed E-state index contributed by atoms with van der Waals surface area (Å²) in [5.74, 6) is -0.451. The van der Waals surface area contributed by atoms with Gasteiger partial charge in [-0.05, 0) is 12.1 Å². The van der Waals surface area contributed by atoms with E-state index in [-0.39, 0.29) is 5.56 Å². The Balaban J connectivity index is 2.07. The van der Waals surface area contributed by atoms with Crippen LogP contribution < -0.4 is 0 Å². The summed E-state index contributed by atoms with van der Waals surface area (Å²) in [5, 5.41) is 13.3. The number of rotatable bonds is 4. The number of aromatic nitrogens is 3. The van der Waals surface area contributed by atoms with Gasteiger partial charge in [0.25, 0.3) is 0 Å². The normalized spacial score (nSPS) is 10.4. The third-order valence-corrected chi connectivity index (χ3v) is 3.77. The molecule has 0 fully saturated rings. The average Bonchev–Trinajstić information content (AvgIpc) is 2.72. The van der Waals surface area contributed by atoms with Crippen molar-refractivity contribution >= 4 is 40.9 Å². The van der Waals surface area contributed by atoms with Crippen molar-refractivity contribution in [3.8, 4) is 0 Å². The fourth-order valence-corrected chi connectivity index (χ4v) is 2.68. The molecule has 5 nitrogen and oxygen atoms in total. The highest BCUT2D eigenvalue weighted by Gasteiger charge is 2.08. The first-order valence-corrected chi connectivity index (χ1v) is 6.59. The van der Waals surface area contributed by atoms with Gasteiger partial charge in [0.15, 0.2) is 0 Å². The molecule has 0 aromatic carbocycles. The van der Waals surface area contributed by atoms with Gasteiger partial charge in [-0.3, -0.25) is 0 Å². The number of halogens is 1. The van der Waals surface area contributed by atoms with E-state index in [0.29, 0.717) is 20.8 Å². The summed E-state index contributed by atoms with van der Waals surface area (Å²) in [4.78, 5) is 14.8. The molecule has 2 aromatic rings. The monoisotopic (exact) mass is 287 g/mol. The molecule has 2 heterocycles. The second kappa shape index (κ2) is 5.44. The molecule has 0 saturated carbocycles. The number of aromatic carboxylic acids is 1. The van der Waals surface area contributed by atoms with Crippen LogP contribution in [-0.2, 0) is 5.75 Å². The van der Waals surface area contributed by atoms with Crippen molar-refractivity contribution < 1.29 is 9.90 Å². The zero-order valence-electron chi connectivity index (χ0n) is 8.33. The number of carboxylic acid groups (broad SMARTS) is 1. The molecule has 17 heavy (non-hydrogen) atoms. The van der Waals surface area contributed by atoms with Gasteiger partial charge >= 0.3 is 5.97 Å². The van der Waals surface area contributed by atoms with E-state index in [0.717, 1.165) is 11.5 Å². The van der Waals surface area contributed by atoms with Crippen LogP contribution in [0.1, 0.15) is 16.1 Å². The average molecular weight is 288 g/mol. The number of carboxylic acids is 1. The van der Waals surface area contributed by atoms with Gasteiger partial charge in [0.05, 0.1) is 10.6 Å². The summed E-state index contributed by atoms with van der Waals surface area (Å²) in [6.07, 6.45) is 1.46. The molecule has 0 radical (unpaired) electrons. The van der Waals surface area contributed by atoms with E-state index in [1.807, 2.05) is 0 Å². The van der Waals surface area contributed by atoms with Gasteiger partial charge in [-0.2, -0.15) is 0 Å². The maximum absolute atomic E-state index is 10.8. The summed E-state index contributed by atoms with van der Waals surface area (Å²) < 4.78 is 4.26. The minimum atomic E-state index is -0.970. The summed E-state index contributed by atoms with van der Waals surface area (Å²) in [6, 6.07) is 2.96. The van der Waals surface area contributed by atoms with Gasteiger partial charge in [-0.25, -0.2) is 9.78 Å². The third-order valence-electron chi connectivity index (χ3n) is 1.85. The van der Waals surface area contributed by atoms with E-state index in [4.69, 9.17) is 16.7 Å². The predicted molar refractivity (Wildman–Crippen MR) is 65.7 cm³/mol. The first-order chi connectivity index (χ1) is 8.16. The quantitative estimate of drug-likeness (QED) is 0.871. The Labute approximate surface area is 110 Å². The van der Waals surface area contributed by atoms with Crippen molar-refractivity contribution in [2.24, 2.45) is 0 Å². The van der Waals surface area contributed by atoms with Crippen molar-refractivity contribution in [2.75, 3.05) is 0 Å². The number of thioether (sulfide) groups is 1. The fourth-order valence-electron chi connectivity index (χ4n) is 1.05.